The highest BCUT2D eigenvalue weighted by Crippen LogP contribution is 2.65. The molecular formula is C33H41F5O4S. The maximum Gasteiger partial charge on any atom is 0.453 e. The number of benzene rings is 2. The molecule has 0 saturated heterocycles. The average molecular weight is 629 g/mol. The second-order valence-corrected chi connectivity index (χ2v) is 14.6. The highest BCUT2D eigenvalue weighted by Gasteiger charge is 2.58. The summed E-state index contributed by atoms with van der Waals surface area (Å²) >= 11 is -1.45. The number of halogens is 5. The molecule has 0 heterocycles. The van der Waals surface area contributed by atoms with Crippen LogP contribution in [0.25, 0.3) is 0 Å². The average Bonchev–Trinajstić information content (AvgIpc) is 3.25. The largest absolute Gasteiger partial charge is 0.616 e. The van der Waals surface area contributed by atoms with Crippen LogP contribution in [0.5, 0.6) is 11.5 Å². The molecule has 2 aromatic rings. The van der Waals surface area contributed by atoms with Crippen LogP contribution in [0, 0.1) is 17.3 Å². The zero-order chi connectivity index (χ0) is 31.0. The summed E-state index contributed by atoms with van der Waals surface area (Å²) in [6.07, 6.45) is -1.80. The van der Waals surface area contributed by atoms with Gasteiger partial charge < -0.3 is 19.5 Å². The van der Waals surface area contributed by atoms with E-state index in [1.54, 1.807) is 6.07 Å². The summed E-state index contributed by atoms with van der Waals surface area (Å²) < 4.78 is 80.7. The van der Waals surface area contributed by atoms with Gasteiger partial charge in [0.2, 0.25) is 0 Å². The van der Waals surface area contributed by atoms with E-state index in [-0.39, 0.29) is 28.9 Å². The predicted octanol–water partition coefficient (Wildman–Crippen LogP) is 7.89. The quantitative estimate of drug-likeness (QED) is 0.151. The van der Waals surface area contributed by atoms with E-state index in [9.17, 15) is 36.7 Å². The summed E-state index contributed by atoms with van der Waals surface area (Å²) in [6.45, 7) is 2.63. The number of aliphatic hydroxyl groups excluding tert-OH is 1. The van der Waals surface area contributed by atoms with Crippen LogP contribution in [0.3, 0.4) is 0 Å². The Morgan fingerprint density at radius 3 is 2.42 bits per heavy atom. The minimum atomic E-state index is -5.57. The Labute approximate surface area is 253 Å². The Morgan fingerprint density at radius 2 is 1.70 bits per heavy atom. The van der Waals surface area contributed by atoms with E-state index in [0.717, 1.165) is 32.1 Å². The molecule has 238 valence electrons. The molecule has 0 aromatic heterocycles. The van der Waals surface area contributed by atoms with E-state index in [1.807, 2.05) is 18.2 Å². The van der Waals surface area contributed by atoms with E-state index in [0.29, 0.717) is 48.7 Å². The fraction of sp³-hybridized carbons (Fsp3) is 0.636. The Bertz CT molecular complexity index is 1240. The minimum absolute atomic E-state index is 0.130. The number of hydrogen-bond donors (Lipinski definition) is 2. The Hall–Kier alpha value is -2.04. The zero-order valence-corrected chi connectivity index (χ0v) is 25.2. The van der Waals surface area contributed by atoms with Crippen molar-refractivity contribution in [2.75, 3.05) is 18.1 Å². The molecule has 3 aliphatic rings. The van der Waals surface area contributed by atoms with Crippen molar-refractivity contribution in [3.63, 3.8) is 0 Å². The second kappa shape index (κ2) is 12.8. The Balaban J connectivity index is 1.16. The van der Waals surface area contributed by atoms with Crippen LogP contribution in [-0.2, 0) is 17.6 Å². The van der Waals surface area contributed by atoms with Gasteiger partial charge in [-0.3, -0.25) is 0 Å². The van der Waals surface area contributed by atoms with Gasteiger partial charge in [0.1, 0.15) is 23.0 Å². The van der Waals surface area contributed by atoms with Gasteiger partial charge in [-0.2, -0.15) is 22.0 Å². The van der Waals surface area contributed by atoms with Crippen LogP contribution >= 0.6 is 0 Å². The molecule has 10 heteroatoms. The molecular weight excluding hydrogens is 587 g/mol. The smallest absolute Gasteiger partial charge is 0.453 e. The van der Waals surface area contributed by atoms with Gasteiger partial charge in [-0.25, -0.2) is 0 Å². The van der Waals surface area contributed by atoms with Gasteiger partial charge in [-0.05, 0) is 121 Å². The monoisotopic (exact) mass is 628 g/mol. The van der Waals surface area contributed by atoms with Gasteiger partial charge in [0.15, 0.2) is 0 Å². The number of phenolic OH excluding ortho intramolecular Hbond substituents is 1. The Kier molecular flexibility index (Phi) is 9.60. The number of aryl methyl sites for hydroxylation is 1. The number of aliphatic hydroxyl groups is 1. The summed E-state index contributed by atoms with van der Waals surface area (Å²) in [5, 5.41) is 21.2. The molecule has 0 aliphatic heterocycles. The molecule has 2 aromatic carbocycles. The number of alkyl halides is 5. The molecule has 2 N–H and O–H groups in total. The van der Waals surface area contributed by atoms with E-state index >= 15 is 0 Å². The van der Waals surface area contributed by atoms with Crippen molar-refractivity contribution in [3.8, 4) is 11.5 Å². The van der Waals surface area contributed by atoms with Gasteiger partial charge in [-0.1, -0.05) is 36.3 Å². The van der Waals surface area contributed by atoms with Crippen LogP contribution in [0.4, 0.5) is 22.0 Å². The number of rotatable bonds is 11. The van der Waals surface area contributed by atoms with Gasteiger partial charge in [0.05, 0.1) is 12.7 Å². The number of hydrogen-bond acceptors (Lipinski definition) is 4. The van der Waals surface area contributed by atoms with Crippen molar-refractivity contribution in [2.24, 2.45) is 17.3 Å². The molecule has 7 atom stereocenters. The van der Waals surface area contributed by atoms with Gasteiger partial charge in [-0.15, -0.1) is 0 Å². The topological polar surface area (TPSA) is 72.8 Å². The van der Waals surface area contributed by atoms with Crippen molar-refractivity contribution < 1.29 is 41.5 Å². The molecule has 0 amide bonds. The molecule has 0 radical (unpaired) electrons. The van der Waals surface area contributed by atoms with Crippen molar-refractivity contribution in [1.29, 1.82) is 0 Å². The lowest BCUT2D eigenvalue weighted by atomic mass is 9.51. The SMILES string of the molecule is C[C@]12C[C@H](c3ccc(OCCCC[S+]([O-])CCCC(F)(F)C(F)(F)F)cc3)[C@@H]3c4ccc(O)cc4CC[C@H]3[C@@H]1CC[C@@H]2O. The molecule has 2 saturated carbocycles. The molecule has 0 spiro atoms. The zero-order valence-electron chi connectivity index (χ0n) is 24.4. The second-order valence-electron chi connectivity index (χ2n) is 12.9. The first-order valence-electron chi connectivity index (χ1n) is 15.3. The molecule has 4 nitrogen and oxygen atoms in total. The van der Waals surface area contributed by atoms with E-state index in [4.69, 9.17) is 4.74 Å². The summed E-state index contributed by atoms with van der Waals surface area (Å²) in [6, 6.07) is 13.9. The summed E-state index contributed by atoms with van der Waals surface area (Å²) in [5.41, 5.74) is 3.60. The van der Waals surface area contributed by atoms with Crippen molar-refractivity contribution in [1.82, 2.24) is 0 Å². The highest BCUT2D eigenvalue weighted by molar-refractivity contribution is 7.91. The lowest BCUT2D eigenvalue weighted by Crippen LogP contribution is -2.47. The molecule has 3 aliphatic carbocycles. The lowest BCUT2D eigenvalue weighted by molar-refractivity contribution is -0.284. The maximum absolute atomic E-state index is 13.0. The van der Waals surface area contributed by atoms with Crippen molar-refractivity contribution in [2.45, 2.75) is 94.7 Å². The predicted molar refractivity (Wildman–Crippen MR) is 156 cm³/mol. The summed E-state index contributed by atoms with van der Waals surface area (Å²) in [5.74, 6) is -2.21. The lowest BCUT2D eigenvalue weighted by Gasteiger charge is -2.54. The van der Waals surface area contributed by atoms with Crippen LogP contribution in [0.2, 0.25) is 0 Å². The number of aromatic hydroxyl groups is 1. The van der Waals surface area contributed by atoms with E-state index in [1.165, 1.54) is 16.7 Å². The number of unbranched alkanes of at least 4 members (excludes halogenated alkanes) is 1. The summed E-state index contributed by atoms with van der Waals surface area (Å²) in [4.78, 5) is 0. The van der Waals surface area contributed by atoms with Gasteiger partial charge in [0, 0.05) is 6.42 Å². The van der Waals surface area contributed by atoms with Crippen molar-refractivity contribution >= 4 is 11.2 Å². The molecule has 1 unspecified atom stereocenters. The third kappa shape index (κ3) is 6.81. The van der Waals surface area contributed by atoms with E-state index in [2.05, 4.69) is 25.1 Å². The van der Waals surface area contributed by atoms with Crippen LogP contribution < -0.4 is 4.74 Å². The van der Waals surface area contributed by atoms with Gasteiger partial charge in [0.25, 0.3) is 0 Å². The number of fused-ring (bicyclic) bond motifs is 5. The third-order valence-electron chi connectivity index (χ3n) is 10.3. The fourth-order valence-corrected chi connectivity index (χ4v) is 9.26. The molecule has 43 heavy (non-hydrogen) atoms. The fourth-order valence-electron chi connectivity index (χ4n) is 8.06. The number of ether oxygens (including phenoxy) is 1. The van der Waals surface area contributed by atoms with Crippen LogP contribution in [-0.4, -0.2) is 51.1 Å². The first-order valence-corrected chi connectivity index (χ1v) is 16.8. The standard InChI is InChI=1S/C33H41F5O4S/c1-31-20-27(30-25-12-8-23(39)19-22(25)7-11-26(30)28(31)13-14-29(31)40)21-5-9-24(10-6-21)42-16-2-3-17-43(41)18-4-15-32(34,35)33(36,37)38/h5-6,8-10,12,19,26-30,39-40H,2-4,7,11,13-18,20H2,1H3/t26-,27+,28-,29-,30+,31-,43?/m0/s1. The normalized spacial score (nSPS) is 29.4. The molecule has 2 fully saturated rings. The van der Waals surface area contributed by atoms with Crippen LogP contribution in [0.1, 0.15) is 86.8 Å². The summed E-state index contributed by atoms with van der Waals surface area (Å²) in [7, 11) is 0. The Morgan fingerprint density at radius 1 is 0.977 bits per heavy atom. The van der Waals surface area contributed by atoms with E-state index < -0.39 is 36.1 Å². The van der Waals surface area contributed by atoms with Crippen molar-refractivity contribution in [3.05, 3.63) is 59.2 Å². The first-order chi connectivity index (χ1) is 20.3. The first kappa shape index (κ1) is 32.4. The maximum atomic E-state index is 13.0. The number of phenols is 1. The molecule has 5 rings (SSSR count). The highest BCUT2D eigenvalue weighted by atomic mass is 32.2. The molecule has 0 bridgehead atoms. The van der Waals surface area contributed by atoms with Gasteiger partial charge >= 0.3 is 12.1 Å². The third-order valence-corrected chi connectivity index (χ3v) is 11.8. The van der Waals surface area contributed by atoms with Crippen LogP contribution in [0.15, 0.2) is 42.5 Å². The minimum Gasteiger partial charge on any atom is -0.616 e.